The summed E-state index contributed by atoms with van der Waals surface area (Å²) in [5.41, 5.74) is 1.85. The molecule has 0 aromatic heterocycles. The Morgan fingerprint density at radius 2 is 1.87 bits per heavy atom. The summed E-state index contributed by atoms with van der Waals surface area (Å²) in [6.07, 6.45) is 1.63. The van der Waals surface area contributed by atoms with Crippen LogP contribution in [0.2, 0.25) is 0 Å². The number of Topliss-reactive ketones (excluding diaryl/α,β-unsaturated/α-hetero) is 1. The van der Waals surface area contributed by atoms with Gasteiger partial charge in [-0.3, -0.25) is 4.79 Å². The highest BCUT2D eigenvalue weighted by Gasteiger charge is 2.04. The monoisotopic (exact) mass is 204 g/mol. The lowest BCUT2D eigenvalue weighted by molar-refractivity contribution is -0.107. The fraction of sp³-hybridized carbons (Fsp3) is 0.385. The van der Waals surface area contributed by atoms with Crippen LogP contribution in [0.25, 0.3) is 0 Å². The fourth-order valence-corrected chi connectivity index (χ4v) is 1.49. The minimum atomic E-state index is -0.110. The molecule has 0 aliphatic rings. The first-order chi connectivity index (χ1) is 7.13. The van der Waals surface area contributed by atoms with Crippen LogP contribution in [0.3, 0.4) is 0 Å². The van der Waals surface area contributed by atoms with E-state index in [1.165, 1.54) is 5.56 Å². The van der Waals surface area contributed by atoms with Gasteiger partial charge in [0.05, 0.1) is 6.42 Å². The van der Waals surface area contributed by atoms with Gasteiger partial charge in [0, 0.05) is 5.56 Å². The Morgan fingerprint density at radius 1 is 1.27 bits per heavy atom. The van der Waals surface area contributed by atoms with E-state index in [2.05, 4.69) is 13.8 Å². The predicted molar refractivity (Wildman–Crippen MR) is 60.0 cm³/mol. The molecule has 0 radical (unpaired) electrons. The third-order valence-corrected chi connectivity index (χ3v) is 2.19. The van der Waals surface area contributed by atoms with Crippen LogP contribution >= 0.6 is 0 Å². The smallest absolute Gasteiger partial charge is 0.169 e. The fourth-order valence-electron chi connectivity index (χ4n) is 1.49. The van der Waals surface area contributed by atoms with E-state index in [4.69, 9.17) is 0 Å². The van der Waals surface area contributed by atoms with Crippen molar-refractivity contribution >= 4 is 12.1 Å². The number of hydrogen-bond acceptors (Lipinski definition) is 2. The van der Waals surface area contributed by atoms with Gasteiger partial charge < -0.3 is 4.79 Å². The summed E-state index contributed by atoms with van der Waals surface area (Å²) < 4.78 is 0. The Balaban J connectivity index is 2.71. The Hall–Kier alpha value is -1.44. The van der Waals surface area contributed by atoms with Crippen LogP contribution in [0.15, 0.2) is 24.3 Å². The van der Waals surface area contributed by atoms with Crippen molar-refractivity contribution < 1.29 is 9.59 Å². The number of benzene rings is 1. The third-order valence-electron chi connectivity index (χ3n) is 2.19. The molecule has 1 aromatic rings. The maximum Gasteiger partial charge on any atom is 0.169 e. The first-order valence-electron chi connectivity index (χ1n) is 5.19. The Bertz CT molecular complexity index is 336. The van der Waals surface area contributed by atoms with E-state index < -0.39 is 0 Å². The Kier molecular flexibility index (Phi) is 4.22. The van der Waals surface area contributed by atoms with E-state index in [0.717, 1.165) is 6.42 Å². The second-order valence-electron chi connectivity index (χ2n) is 4.09. The van der Waals surface area contributed by atoms with Crippen molar-refractivity contribution in [2.24, 2.45) is 5.92 Å². The normalized spacial score (nSPS) is 10.3. The van der Waals surface area contributed by atoms with Crippen molar-refractivity contribution in [3.8, 4) is 0 Å². The van der Waals surface area contributed by atoms with Crippen LogP contribution in [0.5, 0.6) is 0 Å². The molecule has 0 atom stereocenters. The molecule has 15 heavy (non-hydrogen) atoms. The van der Waals surface area contributed by atoms with Crippen molar-refractivity contribution in [3.05, 3.63) is 35.4 Å². The van der Waals surface area contributed by atoms with Crippen LogP contribution in [0.4, 0.5) is 0 Å². The van der Waals surface area contributed by atoms with Gasteiger partial charge in [-0.1, -0.05) is 38.1 Å². The molecule has 0 N–H and O–H groups in total. The average molecular weight is 204 g/mol. The molecule has 2 heteroatoms. The van der Waals surface area contributed by atoms with Gasteiger partial charge in [-0.25, -0.2) is 0 Å². The van der Waals surface area contributed by atoms with E-state index in [1.807, 2.05) is 12.1 Å². The van der Waals surface area contributed by atoms with Gasteiger partial charge in [0.2, 0.25) is 0 Å². The molecule has 0 aliphatic carbocycles. The molecule has 80 valence electrons. The molecule has 0 fully saturated rings. The molecule has 0 bridgehead atoms. The first-order valence-corrected chi connectivity index (χ1v) is 5.19. The number of rotatable bonds is 5. The van der Waals surface area contributed by atoms with Gasteiger partial charge in [-0.2, -0.15) is 0 Å². The molecular weight excluding hydrogens is 188 g/mol. The Labute approximate surface area is 90.3 Å². The lowest BCUT2D eigenvalue weighted by atomic mass is 10.0. The van der Waals surface area contributed by atoms with E-state index in [1.54, 1.807) is 12.1 Å². The molecule has 1 rings (SSSR count). The maximum absolute atomic E-state index is 11.3. The zero-order valence-corrected chi connectivity index (χ0v) is 9.19. The summed E-state index contributed by atoms with van der Waals surface area (Å²) in [7, 11) is 0. The molecule has 1 aromatic carbocycles. The molecule has 0 spiro atoms. The zero-order valence-electron chi connectivity index (χ0n) is 9.19. The summed E-state index contributed by atoms with van der Waals surface area (Å²) >= 11 is 0. The second kappa shape index (κ2) is 5.44. The van der Waals surface area contributed by atoms with Gasteiger partial charge in [0.15, 0.2) is 5.78 Å². The molecule has 0 heterocycles. The van der Waals surface area contributed by atoms with Gasteiger partial charge in [0.25, 0.3) is 0 Å². The minimum absolute atomic E-state index is 0.0243. The van der Waals surface area contributed by atoms with E-state index in [-0.39, 0.29) is 12.2 Å². The molecule has 2 nitrogen and oxygen atoms in total. The number of carbonyl (C=O) groups is 2. The summed E-state index contributed by atoms with van der Waals surface area (Å²) in [6.45, 7) is 4.32. The van der Waals surface area contributed by atoms with Crippen LogP contribution in [0, 0.1) is 5.92 Å². The first kappa shape index (κ1) is 11.6. The summed E-state index contributed by atoms with van der Waals surface area (Å²) in [5, 5.41) is 0. The van der Waals surface area contributed by atoms with E-state index in [0.29, 0.717) is 17.8 Å². The molecule has 0 saturated heterocycles. The molecule has 0 saturated carbocycles. The number of hydrogen-bond donors (Lipinski definition) is 0. The van der Waals surface area contributed by atoms with Gasteiger partial charge in [-0.05, 0) is 17.9 Å². The molecule has 0 unspecified atom stereocenters. The van der Waals surface area contributed by atoms with Gasteiger partial charge in [-0.15, -0.1) is 0 Å². The van der Waals surface area contributed by atoms with Crippen LogP contribution in [-0.2, 0) is 11.2 Å². The number of ketones is 1. The summed E-state index contributed by atoms with van der Waals surface area (Å²) in [4.78, 5) is 21.5. The molecule has 0 aliphatic heterocycles. The van der Waals surface area contributed by atoms with Crippen molar-refractivity contribution in [2.45, 2.75) is 26.7 Å². The standard InChI is InChI=1S/C13H16O2/c1-10(2)9-11-3-5-12(6-4-11)13(15)7-8-14/h3-6,8,10H,7,9H2,1-2H3. The van der Waals surface area contributed by atoms with Crippen molar-refractivity contribution in [1.82, 2.24) is 0 Å². The zero-order chi connectivity index (χ0) is 11.3. The highest BCUT2D eigenvalue weighted by molar-refractivity contribution is 6.02. The van der Waals surface area contributed by atoms with Gasteiger partial charge in [0.1, 0.15) is 6.29 Å². The SMILES string of the molecule is CC(C)Cc1ccc(C(=O)CC=O)cc1. The quantitative estimate of drug-likeness (QED) is 0.420. The highest BCUT2D eigenvalue weighted by Crippen LogP contribution is 2.10. The number of carbonyl (C=O) groups excluding carboxylic acids is 2. The highest BCUT2D eigenvalue weighted by atomic mass is 16.1. The maximum atomic E-state index is 11.3. The second-order valence-corrected chi connectivity index (χ2v) is 4.09. The predicted octanol–water partition coefficient (Wildman–Crippen LogP) is 2.66. The van der Waals surface area contributed by atoms with Crippen molar-refractivity contribution in [2.75, 3.05) is 0 Å². The molecule has 0 amide bonds. The van der Waals surface area contributed by atoms with Crippen LogP contribution in [-0.4, -0.2) is 12.1 Å². The summed E-state index contributed by atoms with van der Waals surface area (Å²) in [5.74, 6) is 0.502. The lowest BCUT2D eigenvalue weighted by Crippen LogP contribution is -2.00. The van der Waals surface area contributed by atoms with Crippen molar-refractivity contribution in [1.29, 1.82) is 0 Å². The average Bonchev–Trinajstić information content (AvgIpc) is 2.18. The Morgan fingerprint density at radius 3 is 2.33 bits per heavy atom. The molecular formula is C13H16O2. The van der Waals surface area contributed by atoms with Gasteiger partial charge >= 0.3 is 0 Å². The third kappa shape index (κ3) is 3.66. The van der Waals surface area contributed by atoms with Crippen LogP contribution < -0.4 is 0 Å². The van der Waals surface area contributed by atoms with E-state index >= 15 is 0 Å². The summed E-state index contributed by atoms with van der Waals surface area (Å²) in [6, 6.07) is 7.50. The number of aldehydes is 1. The van der Waals surface area contributed by atoms with E-state index in [9.17, 15) is 9.59 Å². The lowest BCUT2D eigenvalue weighted by Gasteiger charge is -2.05. The minimum Gasteiger partial charge on any atom is -0.303 e. The largest absolute Gasteiger partial charge is 0.303 e. The van der Waals surface area contributed by atoms with Crippen LogP contribution in [0.1, 0.15) is 36.2 Å². The van der Waals surface area contributed by atoms with Crippen molar-refractivity contribution in [3.63, 3.8) is 0 Å². The topological polar surface area (TPSA) is 34.1 Å².